The predicted molar refractivity (Wildman–Crippen MR) is 120 cm³/mol. The maximum absolute atomic E-state index is 13.5. The molecular weight excluding hydrogens is 437 g/mol. The number of nitrogen functional groups attached to an aromatic ring is 1. The summed E-state index contributed by atoms with van der Waals surface area (Å²) < 4.78 is 46.9. The third-order valence-corrected chi connectivity index (χ3v) is 5.17. The van der Waals surface area contributed by atoms with E-state index in [-0.39, 0.29) is 36.7 Å². The molecule has 2 aromatic carbocycles. The maximum Gasteiger partial charge on any atom is 0.416 e. The van der Waals surface area contributed by atoms with Gasteiger partial charge in [0.15, 0.2) is 0 Å². The van der Waals surface area contributed by atoms with Crippen LogP contribution in [0.5, 0.6) is 0 Å². The molecule has 10 heteroatoms. The van der Waals surface area contributed by atoms with Crippen molar-refractivity contribution in [3.8, 4) is 0 Å². The standard InChI is InChI=1S/C23H25F3N4O3/c1-33-13-7-12-29(15-17-10-5-6-11-18(17)23(24,25)26)19-20(27)30(22(32)28-21(19)31)14-16-8-3-2-4-9-16/h2-6,8-11H,7,12-15,27H2,1H3,(H,28,31,32). The number of anilines is 2. The lowest BCUT2D eigenvalue weighted by Gasteiger charge is -2.27. The molecule has 33 heavy (non-hydrogen) atoms. The first-order valence-electron chi connectivity index (χ1n) is 10.3. The van der Waals surface area contributed by atoms with Gasteiger partial charge in [0.25, 0.3) is 5.56 Å². The Balaban J connectivity index is 2.07. The highest BCUT2D eigenvalue weighted by atomic mass is 19.4. The monoisotopic (exact) mass is 462 g/mol. The number of hydrogen-bond donors (Lipinski definition) is 2. The van der Waals surface area contributed by atoms with Crippen LogP contribution in [-0.4, -0.2) is 29.8 Å². The lowest BCUT2D eigenvalue weighted by Crippen LogP contribution is -2.39. The van der Waals surface area contributed by atoms with Crippen molar-refractivity contribution in [2.75, 3.05) is 30.9 Å². The van der Waals surface area contributed by atoms with Crippen molar-refractivity contribution >= 4 is 11.5 Å². The van der Waals surface area contributed by atoms with E-state index >= 15 is 0 Å². The van der Waals surface area contributed by atoms with Gasteiger partial charge in [-0.15, -0.1) is 0 Å². The van der Waals surface area contributed by atoms with E-state index in [4.69, 9.17) is 10.5 Å². The zero-order valence-electron chi connectivity index (χ0n) is 18.1. The molecule has 0 unspecified atom stereocenters. The van der Waals surface area contributed by atoms with Crippen LogP contribution >= 0.6 is 0 Å². The van der Waals surface area contributed by atoms with Gasteiger partial charge in [-0.3, -0.25) is 14.3 Å². The summed E-state index contributed by atoms with van der Waals surface area (Å²) in [5.74, 6) is -0.116. The minimum atomic E-state index is -4.56. The summed E-state index contributed by atoms with van der Waals surface area (Å²) in [4.78, 5) is 29.0. The maximum atomic E-state index is 13.5. The number of nitrogens with zero attached hydrogens (tertiary/aromatic N) is 2. The highest BCUT2D eigenvalue weighted by Crippen LogP contribution is 2.33. The van der Waals surface area contributed by atoms with Crippen molar-refractivity contribution in [3.63, 3.8) is 0 Å². The highest BCUT2D eigenvalue weighted by molar-refractivity contribution is 5.63. The van der Waals surface area contributed by atoms with Crippen LogP contribution in [0.2, 0.25) is 0 Å². The summed E-state index contributed by atoms with van der Waals surface area (Å²) in [5, 5.41) is 0. The Labute approximate surface area is 188 Å². The first-order chi connectivity index (χ1) is 15.7. The Hall–Kier alpha value is -3.53. The minimum Gasteiger partial charge on any atom is -0.385 e. The molecule has 0 aliphatic heterocycles. The lowest BCUT2D eigenvalue weighted by atomic mass is 10.1. The van der Waals surface area contributed by atoms with Crippen LogP contribution in [0.25, 0.3) is 0 Å². The number of nitrogens with two attached hydrogens (primary N) is 1. The number of benzene rings is 2. The van der Waals surface area contributed by atoms with E-state index in [9.17, 15) is 22.8 Å². The van der Waals surface area contributed by atoms with E-state index in [1.54, 1.807) is 24.3 Å². The molecule has 0 amide bonds. The van der Waals surface area contributed by atoms with Gasteiger partial charge in [-0.05, 0) is 23.6 Å². The summed E-state index contributed by atoms with van der Waals surface area (Å²) >= 11 is 0. The molecule has 7 nitrogen and oxygen atoms in total. The second-order valence-electron chi connectivity index (χ2n) is 7.49. The van der Waals surface area contributed by atoms with Gasteiger partial charge in [0.2, 0.25) is 0 Å². The molecule has 1 aromatic heterocycles. The van der Waals surface area contributed by atoms with Crippen LogP contribution in [0.3, 0.4) is 0 Å². The predicted octanol–water partition coefficient (Wildman–Crippen LogP) is 3.23. The third-order valence-electron chi connectivity index (χ3n) is 5.17. The topological polar surface area (TPSA) is 93.3 Å². The molecule has 3 aromatic rings. The number of rotatable bonds is 9. The molecule has 0 bridgehead atoms. The smallest absolute Gasteiger partial charge is 0.385 e. The van der Waals surface area contributed by atoms with Crippen molar-refractivity contribution in [1.29, 1.82) is 0 Å². The molecule has 0 aliphatic rings. The molecule has 0 saturated carbocycles. The Morgan fingerprint density at radius 1 is 1.06 bits per heavy atom. The number of aromatic nitrogens is 2. The fourth-order valence-corrected chi connectivity index (χ4v) is 3.62. The number of ether oxygens (including phenoxy) is 1. The van der Waals surface area contributed by atoms with Crippen molar-refractivity contribution in [1.82, 2.24) is 9.55 Å². The van der Waals surface area contributed by atoms with Gasteiger partial charge in [0.1, 0.15) is 11.5 Å². The molecule has 176 valence electrons. The summed E-state index contributed by atoms with van der Waals surface area (Å²) in [7, 11) is 1.50. The molecule has 0 fully saturated rings. The summed E-state index contributed by atoms with van der Waals surface area (Å²) in [5.41, 5.74) is 4.72. The van der Waals surface area contributed by atoms with Gasteiger partial charge >= 0.3 is 11.9 Å². The van der Waals surface area contributed by atoms with Crippen LogP contribution in [0.4, 0.5) is 24.7 Å². The number of aromatic amines is 1. The Morgan fingerprint density at radius 2 is 1.73 bits per heavy atom. The molecule has 3 rings (SSSR count). The van der Waals surface area contributed by atoms with Crippen molar-refractivity contribution < 1.29 is 17.9 Å². The first-order valence-corrected chi connectivity index (χ1v) is 10.3. The van der Waals surface area contributed by atoms with Crippen LogP contribution < -0.4 is 21.9 Å². The normalized spacial score (nSPS) is 11.5. The first kappa shape index (κ1) is 24.1. The van der Waals surface area contributed by atoms with Gasteiger partial charge in [-0.25, -0.2) is 4.79 Å². The van der Waals surface area contributed by atoms with Crippen LogP contribution in [0.1, 0.15) is 23.1 Å². The van der Waals surface area contributed by atoms with Gasteiger partial charge in [0.05, 0.1) is 12.1 Å². The molecule has 0 atom stereocenters. The molecule has 0 spiro atoms. The second-order valence-corrected chi connectivity index (χ2v) is 7.49. The van der Waals surface area contributed by atoms with Crippen LogP contribution in [-0.2, 0) is 24.0 Å². The largest absolute Gasteiger partial charge is 0.416 e. The minimum absolute atomic E-state index is 0.0120. The van der Waals surface area contributed by atoms with Gasteiger partial charge in [-0.2, -0.15) is 13.2 Å². The molecule has 0 radical (unpaired) electrons. The van der Waals surface area contributed by atoms with Crippen LogP contribution in [0, 0.1) is 0 Å². The number of nitrogens with one attached hydrogen (secondary N) is 1. The van der Waals surface area contributed by atoms with E-state index in [2.05, 4.69) is 4.98 Å². The van der Waals surface area contributed by atoms with Gasteiger partial charge in [-0.1, -0.05) is 48.5 Å². The summed E-state index contributed by atoms with van der Waals surface area (Å²) in [6.45, 7) is 0.395. The highest BCUT2D eigenvalue weighted by Gasteiger charge is 2.33. The molecular formula is C23H25F3N4O3. The number of alkyl halides is 3. The van der Waals surface area contributed by atoms with E-state index in [1.165, 1.54) is 34.8 Å². The lowest BCUT2D eigenvalue weighted by molar-refractivity contribution is -0.138. The molecule has 0 saturated heterocycles. The number of hydrogen-bond acceptors (Lipinski definition) is 5. The van der Waals surface area contributed by atoms with Crippen LogP contribution in [0.15, 0.2) is 64.2 Å². The number of methoxy groups -OCH3 is 1. The fourth-order valence-electron chi connectivity index (χ4n) is 3.62. The summed E-state index contributed by atoms with van der Waals surface area (Å²) in [6, 6.07) is 14.2. The second kappa shape index (κ2) is 10.4. The molecule has 1 heterocycles. The Bertz CT molecular complexity index is 1190. The van der Waals surface area contributed by atoms with E-state index in [0.717, 1.165) is 11.6 Å². The fraction of sp³-hybridized carbons (Fsp3) is 0.304. The molecule has 0 aliphatic carbocycles. The van der Waals surface area contributed by atoms with Gasteiger partial charge in [0, 0.05) is 26.8 Å². The average molecular weight is 462 g/mol. The SMILES string of the molecule is COCCCN(Cc1ccccc1C(F)(F)F)c1c(N)n(Cc2ccccc2)c(=O)[nH]c1=O. The van der Waals surface area contributed by atoms with E-state index in [0.29, 0.717) is 13.0 Å². The van der Waals surface area contributed by atoms with Gasteiger partial charge < -0.3 is 15.4 Å². The number of halogens is 3. The van der Waals surface area contributed by atoms with Crippen molar-refractivity contribution in [3.05, 3.63) is 92.1 Å². The zero-order chi connectivity index (χ0) is 24.0. The quantitative estimate of drug-likeness (QED) is 0.477. The average Bonchev–Trinajstić information content (AvgIpc) is 2.77. The van der Waals surface area contributed by atoms with Crippen molar-refractivity contribution in [2.24, 2.45) is 0 Å². The Morgan fingerprint density at radius 3 is 2.39 bits per heavy atom. The number of H-pyrrole nitrogens is 1. The Kier molecular flexibility index (Phi) is 7.59. The zero-order valence-corrected chi connectivity index (χ0v) is 18.1. The summed E-state index contributed by atoms with van der Waals surface area (Å²) in [6.07, 6.45) is -4.12. The third kappa shape index (κ3) is 5.83. The van der Waals surface area contributed by atoms with E-state index < -0.39 is 23.0 Å². The van der Waals surface area contributed by atoms with E-state index in [1.807, 2.05) is 6.07 Å². The molecule has 3 N–H and O–H groups in total. The van der Waals surface area contributed by atoms with Crippen molar-refractivity contribution in [2.45, 2.75) is 25.7 Å².